The van der Waals surface area contributed by atoms with Gasteiger partial charge in [0.15, 0.2) is 0 Å². The predicted octanol–water partition coefficient (Wildman–Crippen LogP) is 3.15. The molecule has 1 aromatic carbocycles. The summed E-state index contributed by atoms with van der Waals surface area (Å²) in [6, 6.07) is 8.06. The quantitative estimate of drug-likeness (QED) is 0.576. The number of carbonyl (C=O) groups is 1. The summed E-state index contributed by atoms with van der Waals surface area (Å²) < 4.78 is 9.30. The first-order chi connectivity index (χ1) is 13.6. The van der Waals surface area contributed by atoms with E-state index in [1.807, 2.05) is 42.2 Å². The number of nitrogens with one attached hydrogen (secondary N) is 1. The van der Waals surface area contributed by atoms with Gasteiger partial charge >= 0.3 is 0 Å². The molecule has 1 aliphatic rings. The summed E-state index contributed by atoms with van der Waals surface area (Å²) in [5.41, 5.74) is 6.18. The van der Waals surface area contributed by atoms with Crippen LogP contribution < -0.4 is 10.1 Å². The maximum absolute atomic E-state index is 11.6. The SMILES string of the molecule is C[C@@H](Oc1nc(-c2cccc3scnc23)cc2ncn(C)c12)C1CNC(=O)C1. The topological polar surface area (TPSA) is 81.9 Å². The fraction of sp³-hybridized carbons (Fsp3) is 0.300. The van der Waals surface area contributed by atoms with E-state index in [0.717, 1.165) is 32.5 Å². The average molecular weight is 393 g/mol. The van der Waals surface area contributed by atoms with Gasteiger partial charge in [0.25, 0.3) is 0 Å². The zero-order valence-electron chi connectivity index (χ0n) is 15.5. The van der Waals surface area contributed by atoms with Gasteiger partial charge in [0.1, 0.15) is 11.6 Å². The molecule has 142 valence electrons. The van der Waals surface area contributed by atoms with Crippen LogP contribution in [-0.4, -0.2) is 38.1 Å². The Labute approximate surface area is 165 Å². The molecule has 1 unspecified atom stereocenters. The number of hydrogen-bond donors (Lipinski definition) is 1. The Morgan fingerprint density at radius 2 is 2.25 bits per heavy atom. The highest BCUT2D eigenvalue weighted by Gasteiger charge is 2.29. The lowest BCUT2D eigenvalue weighted by Gasteiger charge is -2.20. The van der Waals surface area contributed by atoms with E-state index < -0.39 is 0 Å². The Kier molecular flexibility index (Phi) is 4.01. The number of nitrogens with zero attached hydrogens (tertiary/aromatic N) is 4. The van der Waals surface area contributed by atoms with E-state index in [1.165, 1.54) is 0 Å². The highest BCUT2D eigenvalue weighted by atomic mass is 32.1. The fourth-order valence-corrected chi connectivity index (χ4v) is 4.39. The zero-order chi connectivity index (χ0) is 19.3. The van der Waals surface area contributed by atoms with E-state index in [9.17, 15) is 4.79 Å². The first kappa shape index (κ1) is 17.1. The third-order valence-corrected chi connectivity index (χ3v) is 6.06. The molecular formula is C20H19N5O2S. The van der Waals surface area contributed by atoms with Crippen LogP contribution in [0.3, 0.4) is 0 Å². The Morgan fingerprint density at radius 1 is 1.36 bits per heavy atom. The average Bonchev–Trinajstić information content (AvgIpc) is 3.41. The molecule has 4 aromatic rings. The van der Waals surface area contributed by atoms with Crippen molar-refractivity contribution in [1.29, 1.82) is 0 Å². The van der Waals surface area contributed by atoms with Gasteiger partial charge in [0.05, 0.1) is 33.3 Å². The van der Waals surface area contributed by atoms with Crippen molar-refractivity contribution < 1.29 is 9.53 Å². The molecule has 1 saturated heterocycles. The van der Waals surface area contributed by atoms with Gasteiger partial charge < -0.3 is 14.6 Å². The molecule has 0 saturated carbocycles. The largest absolute Gasteiger partial charge is 0.473 e. The minimum atomic E-state index is -0.144. The van der Waals surface area contributed by atoms with E-state index in [2.05, 4.69) is 21.4 Å². The summed E-state index contributed by atoms with van der Waals surface area (Å²) >= 11 is 1.61. The minimum Gasteiger partial charge on any atom is -0.473 e. The molecule has 1 N–H and O–H groups in total. The van der Waals surface area contributed by atoms with Crippen molar-refractivity contribution in [3.05, 3.63) is 36.1 Å². The van der Waals surface area contributed by atoms with Gasteiger partial charge in [-0.1, -0.05) is 12.1 Å². The number of para-hydroxylation sites is 1. The normalized spacial score (nSPS) is 17.9. The number of aryl methyl sites for hydroxylation is 1. The molecule has 1 amide bonds. The molecule has 0 bridgehead atoms. The van der Waals surface area contributed by atoms with Crippen LogP contribution in [0.2, 0.25) is 0 Å². The van der Waals surface area contributed by atoms with Crippen LogP contribution in [0.1, 0.15) is 13.3 Å². The summed E-state index contributed by atoms with van der Waals surface area (Å²) in [6.45, 7) is 2.62. The summed E-state index contributed by atoms with van der Waals surface area (Å²) in [5.74, 6) is 0.734. The smallest absolute Gasteiger partial charge is 0.241 e. The number of amides is 1. The van der Waals surface area contributed by atoms with Crippen molar-refractivity contribution >= 4 is 38.5 Å². The Bertz CT molecular complexity index is 1200. The molecule has 8 heteroatoms. The molecule has 0 spiro atoms. The molecule has 0 radical (unpaired) electrons. The number of benzene rings is 1. The van der Waals surface area contributed by atoms with E-state index in [0.29, 0.717) is 18.8 Å². The van der Waals surface area contributed by atoms with Crippen LogP contribution in [0.4, 0.5) is 0 Å². The van der Waals surface area contributed by atoms with Gasteiger partial charge in [-0.05, 0) is 19.1 Å². The fourth-order valence-electron chi connectivity index (χ4n) is 3.68. The summed E-state index contributed by atoms with van der Waals surface area (Å²) in [7, 11) is 1.93. The van der Waals surface area contributed by atoms with Crippen molar-refractivity contribution in [1.82, 2.24) is 24.8 Å². The summed E-state index contributed by atoms with van der Waals surface area (Å²) in [4.78, 5) is 25.4. The third kappa shape index (κ3) is 2.80. The Hall–Kier alpha value is -3.00. The lowest BCUT2D eigenvalue weighted by atomic mass is 10.0. The van der Waals surface area contributed by atoms with Gasteiger partial charge in [-0.25, -0.2) is 15.0 Å². The predicted molar refractivity (Wildman–Crippen MR) is 108 cm³/mol. The van der Waals surface area contributed by atoms with Gasteiger partial charge in [-0.3, -0.25) is 4.79 Å². The molecule has 0 aliphatic carbocycles. The van der Waals surface area contributed by atoms with Crippen LogP contribution in [-0.2, 0) is 11.8 Å². The van der Waals surface area contributed by atoms with Crippen LogP contribution in [0.25, 0.3) is 32.5 Å². The molecule has 5 rings (SSSR count). The molecule has 3 aromatic heterocycles. The maximum Gasteiger partial charge on any atom is 0.241 e. The number of hydrogen-bond acceptors (Lipinski definition) is 6. The van der Waals surface area contributed by atoms with Crippen LogP contribution in [0.5, 0.6) is 5.88 Å². The molecule has 7 nitrogen and oxygen atoms in total. The lowest BCUT2D eigenvalue weighted by molar-refractivity contribution is -0.119. The second kappa shape index (κ2) is 6.56. The van der Waals surface area contributed by atoms with E-state index in [1.54, 1.807) is 17.7 Å². The van der Waals surface area contributed by atoms with Gasteiger partial charge in [-0.2, -0.15) is 0 Å². The number of ether oxygens (including phenoxy) is 1. The van der Waals surface area contributed by atoms with Gasteiger partial charge in [0, 0.05) is 31.5 Å². The molecule has 2 atom stereocenters. The monoisotopic (exact) mass is 393 g/mol. The van der Waals surface area contributed by atoms with E-state index >= 15 is 0 Å². The number of imidazole rings is 1. The molecule has 1 aliphatic heterocycles. The Balaban J connectivity index is 1.61. The number of pyridine rings is 1. The molecule has 1 fully saturated rings. The van der Waals surface area contributed by atoms with Crippen LogP contribution >= 0.6 is 11.3 Å². The standard InChI is InChI=1S/C20H19N5O2S/c1-11(12-6-17(26)21-8-12)27-20-19-15(22-9-25(19)2)7-14(24-20)13-4-3-5-16-18(13)23-10-28-16/h3-5,7,9-12H,6,8H2,1-2H3,(H,21,26)/t11-,12?/m1/s1. The maximum atomic E-state index is 11.6. The van der Waals surface area contributed by atoms with Gasteiger partial charge in [-0.15, -0.1) is 11.3 Å². The van der Waals surface area contributed by atoms with Crippen LogP contribution in [0.15, 0.2) is 36.1 Å². The van der Waals surface area contributed by atoms with E-state index in [4.69, 9.17) is 9.72 Å². The summed E-state index contributed by atoms with van der Waals surface area (Å²) in [6.07, 6.45) is 2.10. The van der Waals surface area contributed by atoms with Crippen molar-refractivity contribution in [2.75, 3.05) is 6.54 Å². The minimum absolute atomic E-state index is 0.0723. The van der Waals surface area contributed by atoms with Crippen molar-refractivity contribution in [3.8, 4) is 17.1 Å². The lowest BCUT2D eigenvalue weighted by Crippen LogP contribution is -2.26. The number of fused-ring (bicyclic) bond motifs is 2. The number of rotatable bonds is 4. The second-order valence-corrected chi connectivity index (χ2v) is 8.02. The van der Waals surface area contributed by atoms with Crippen molar-refractivity contribution in [2.24, 2.45) is 13.0 Å². The molecule has 4 heterocycles. The number of aromatic nitrogens is 4. The van der Waals surface area contributed by atoms with E-state index in [-0.39, 0.29) is 17.9 Å². The second-order valence-electron chi connectivity index (χ2n) is 7.13. The van der Waals surface area contributed by atoms with Gasteiger partial charge in [0.2, 0.25) is 11.8 Å². The number of carbonyl (C=O) groups excluding carboxylic acids is 1. The Morgan fingerprint density at radius 3 is 3.07 bits per heavy atom. The first-order valence-corrected chi connectivity index (χ1v) is 10.1. The third-order valence-electron chi connectivity index (χ3n) is 5.27. The first-order valence-electron chi connectivity index (χ1n) is 9.18. The van der Waals surface area contributed by atoms with Crippen LogP contribution in [0, 0.1) is 5.92 Å². The zero-order valence-corrected chi connectivity index (χ0v) is 16.4. The highest BCUT2D eigenvalue weighted by Crippen LogP contribution is 2.34. The highest BCUT2D eigenvalue weighted by molar-refractivity contribution is 7.16. The molecule has 28 heavy (non-hydrogen) atoms. The number of thiazole rings is 1. The summed E-state index contributed by atoms with van der Waals surface area (Å²) in [5, 5.41) is 2.87. The van der Waals surface area contributed by atoms with Crippen molar-refractivity contribution in [3.63, 3.8) is 0 Å². The molecular weight excluding hydrogens is 374 g/mol. The van der Waals surface area contributed by atoms with Crippen molar-refractivity contribution in [2.45, 2.75) is 19.4 Å².